The Bertz CT molecular complexity index is 916. The Balaban J connectivity index is 0.000000339. The maximum Gasteiger partial charge on any atom is 0.225 e. The summed E-state index contributed by atoms with van der Waals surface area (Å²) in [4.78, 5) is 24.1. The Morgan fingerprint density at radius 2 is 1.97 bits per heavy atom. The summed E-state index contributed by atoms with van der Waals surface area (Å²) in [6, 6.07) is 1.85. The molecule has 9 nitrogen and oxygen atoms in total. The van der Waals surface area contributed by atoms with Gasteiger partial charge in [-0.2, -0.15) is 0 Å². The van der Waals surface area contributed by atoms with E-state index in [0.29, 0.717) is 49.0 Å². The number of fused-ring (bicyclic) bond motifs is 1. The first-order valence-electron chi connectivity index (χ1n) is 11.0. The smallest absolute Gasteiger partial charge is 0.225 e. The molecule has 0 fully saturated rings. The van der Waals surface area contributed by atoms with Crippen molar-refractivity contribution in [2.75, 3.05) is 17.2 Å². The zero-order valence-corrected chi connectivity index (χ0v) is 18.3. The maximum atomic E-state index is 11.4. The van der Waals surface area contributed by atoms with E-state index < -0.39 is 0 Å². The molecular weight excluding hydrogens is 394 g/mol. The largest absolute Gasteiger partial charge is 0.384 e. The molecule has 0 atom stereocenters. The van der Waals surface area contributed by atoms with Crippen LogP contribution >= 0.6 is 0 Å². The van der Waals surface area contributed by atoms with Gasteiger partial charge in [0.25, 0.3) is 0 Å². The third kappa shape index (κ3) is 6.63. The molecule has 0 unspecified atom stereocenters. The summed E-state index contributed by atoms with van der Waals surface area (Å²) in [6.07, 6.45) is 12.9. The number of amides is 1. The first-order valence-corrected chi connectivity index (χ1v) is 11.0. The van der Waals surface area contributed by atoms with Gasteiger partial charge in [0.15, 0.2) is 5.76 Å². The minimum absolute atomic E-state index is 0.0251. The van der Waals surface area contributed by atoms with Crippen LogP contribution in [-0.4, -0.2) is 33.3 Å². The van der Waals surface area contributed by atoms with Gasteiger partial charge in [-0.25, -0.2) is 9.97 Å². The Kier molecular flexibility index (Phi) is 8.57. The Labute approximate surface area is 182 Å². The Morgan fingerprint density at radius 3 is 2.71 bits per heavy atom. The molecule has 0 saturated heterocycles. The van der Waals surface area contributed by atoms with Crippen LogP contribution in [0, 0.1) is 0 Å². The van der Waals surface area contributed by atoms with E-state index in [2.05, 4.69) is 49.9 Å². The minimum Gasteiger partial charge on any atom is -0.384 e. The number of hydrogen-bond donors (Lipinski definition) is 3. The van der Waals surface area contributed by atoms with Gasteiger partial charge in [-0.05, 0) is 6.42 Å². The molecule has 4 heterocycles. The lowest BCUT2D eigenvalue weighted by atomic mass is 10.1. The lowest BCUT2D eigenvalue weighted by molar-refractivity contribution is -0.116. The summed E-state index contributed by atoms with van der Waals surface area (Å²) in [5.74, 6) is 1.91. The number of aliphatic imine (C=N–C) groups is 1. The van der Waals surface area contributed by atoms with Crippen molar-refractivity contribution in [2.45, 2.75) is 65.3 Å². The zero-order chi connectivity index (χ0) is 21.9. The van der Waals surface area contributed by atoms with E-state index in [1.165, 1.54) is 38.4 Å². The molecule has 4 rings (SSSR count). The van der Waals surface area contributed by atoms with Gasteiger partial charge in [-0.1, -0.05) is 51.1 Å². The molecule has 2 aliphatic rings. The number of hydrogen-bond acceptors (Lipinski definition) is 8. The monoisotopic (exact) mass is 425 g/mol. The van der Waals surface area contributed by atoms with Crippen LogP contribution in [0.5, 0.6) is 0 Å². The summed E-state index contributed by atoms with van der Waals surface area (Å²) in [5, 5.41) is 13.1. The van der Waals surface area contributed by atoms with Gasteiger partial charge < -0.3 is 20.5 Å². The highest BCUT2D eigenvalue weighted by atomic mass is 16.5. The van der Waals surface area contributed by atoms with Gasteiger partial charge in [-0.3, -0.25) is 9.79 Å². The molecule has 0 aliphatic carbocycles. The van der Waals surface area contributed by atoms with Gasteiger partial charge in [0.2, 0.25) is 5.91 Å². The summed E-state index contributed by atoms with van der Waals surface area (Å²) in [5.41, 5.74) is 2.44. The van der Waals surface area contributed by atoms with Crippen molar-refractivity contribution in [3.05, 3.63) is 41.8 Å². The fourth-order valence-electron chi connectivity index (χ4n) is 3.26. The van der Waals surface area contributed by atoms with Gasteiger partial charge in [0.1, 0.15) is 23.7 Å². The van der Waals surface area contributed by atoms with E-state index in [9.17, 15) is 4.79 Å². The number of rotatable bonds is 8. The standard InChI is InChI=1S/C15H15N7O2.C7H16/c23-13-2-1-10-14(19-8-20-15(10)21-13)18-6-9-5-11(22-24-9)12-7-16-3-4-17-12;1-3-5-7-6-4-2/h3-5,8,16H,1-2,6-7H2,(H2,18,19,20,21,23);3-7H2,1-2H3. The highest BCUT2D eigenvalue weighted by molar-refractivity contribution is 6.01. The molecule has 2 aliphatic heterocycles. The normalized spacial score (nSPS) is 14.5. The average molecular weight is 426 g/mol. The molecule has 0 saturated carbocycles. The minimum atomic E-state index is -0.0251. The predicted molar refractivity (Wildman–Crippen MR) is 121 cm³/mol. The van der Waals surface area contributed by atoms with E-state index in [1.807, 2.05) is 6.07 Å². The highest BCUT2D eigenvalue weighted by Crippen LogP contribution is 2.25. The summed E-state index contributed by atoms with van der Waals surface area (Å²) >= 11 is 0. The van der Waals surface area contributed by atoms with Crippen LogP contribution in [0.3, 0.4) is 0 Å². The molecule has 2 aromatic heterocycles. The fraction of sp³-hybridized carbons (Fsp3) is 0.500. The topological polar surface area (TPSA) is 117 Å². The molecule has 0 radical (unpaired) electrons. The Hall–Kier alpha value is -3.23. The van der Waals surface area contributed by atoms with Crippen molar-refractivity contribution < 1.29 is 9.32 Å². The number of nitrogens with zero attached hydrogens (tertiary/aromatic N) is 4. The number of carbonyl (C=O) groups is 1. The number of unbranched alkanes of at least 4 members (excludes halogenated alkanes) is 4. The molecule has 0 spiro atoms. The van der Waals surface area contributed by atoms with Crippen molar-refractivity contribution in [3.8, 4) is 0 Å². The van der Waals surface area contributed by atoms with Crippen molar-refractivity contribution in [1.29, 1.82) is 0 Å². The first kappa shape index (κ1) is 22.5. The van der Waals surface area contributed by atoms with Crippen LogP contribution in [0.4, 0.5) is 11.6 Å². The quantitative estimate of drug-likeness (QED) is 0.551. The number of anilines is 2. The van der Waals surface area contributed by atoms with Gasteiger partial charge in [0.05, 0.1) is 18.8 Å². The second-order valence-corrected chi connectivity index (χ2v) is 7.46. The lowest BCUT2D eigenvalue weighted by Gasteiger charge is -2.18. The third-order valence-corrected chi connectivity index (χ3v) is 4.99. The fourth-order valence-corrected chi connectivity index (χ4v) is 3.26. The van der Waals surface area contributed by atoms with E-state index >= 15 is 0 Å². The molecule has 2 aromatic rings. The molecule has 0 aromatic carbocycles. The SMILES string of the molecule is CCCCCCC.O=C1CCc2c(NCc3cc(C4=NC=CNC4)no3)ncnc2N1. The van der Waals surface area contributed by atoms with Crippen LogP contribution in [-0.2, 0) is 17.8 Å². The second kappa shape index (κ2) is 11.8. The number of aromatic nitrogens is 3. The van der Waals surface area contributed by atoms with Crippen LogP contribution in [0.2, 0.25) is 0 Å². The summed E-state index contributed by atoms with van der Waals surface area (Å²) < 4.78 is 5.34. The first-order chi connectivity index (χ1) is 15.2. The maximum absolute atomic E-state index is 11.4. The predicted octanol–water partition coefficient (Wildman–Crippen LogP) is 3.80. The van der Waals surface area contributed by atoms with Crippen LogP contribution in [0.1, 0.15) is 69.4 Å². The lowest BCUT2D eigenvalue weighted by Crippen LogP contribution is -2.22. The summed E-state index contributed by atoms with van der Waals surface area (Å²) in [7, 11) is 0. The molecule has 31 heavy (non-hydrogen) atoms. The van der Waals surface area contributed by atoms with Gasteiger partial charge in [-0.15, -0.1) is 0 Å². The zero-order valence-electron chi connectivity index (χ0n) is 18.3. The number of carbonyl (C=O) groups excluding carboxylic acids is 1. The van der Waals surface area contributed by atoms with Crippen molar-refractivity contribution in [3.63, 3.8) is 0 Å². The molecule has 3 N–H and O–H groups in total. The molecule has 9 heteroatoms. The molecular formula is C22H31N7O2. The number of nitrogens with one attached hydrogen (secondary N) is 3. The van der Waals surface area contributed by atoms with E-state index in [1.54, 1.807) is 12.4 Å². The Morgan fingerprint density at radius 1 is 1.13 bits per heavy atom. The average Bonchev–Trinajstić information content (AvgIpc) is 3.28. The van der Waals surface area contributed by atoms with Crippen LogP contribution in [0.25, 0.3) is 0 Å². The van der Waals surface area contributed by atoms with Gasteiger partial charge >= 0.3 is 0 Å². The van der Waals surface area contributed by atoms with Crippen LogP contribution < -0.4 is 16.0 Å². The second-order valence-electron chi connectivity index (χ2n) is 7.46. The van der Waals surface area contributed by atoms with E-state index in [4.69, 9.17) is 4.52 Å². The third-order valence-electron chi connectivity index (χ3n) is 4.99. The molecule has 1 amide bonds. The van der Waals surface area contributed by atoms with Gasteiger partial charge in [0, 0.05) is 30.5 Å². The van der Waals surface area contributed by atoms with Crippen molar-refractivity contribution >= 4 is 23.3 Å². The van der Waals surface area contributed by atoms with E-state index in [-0.39, 0.29) is 5.91 Å². The van der Waals surface area contributed by atoms with Crippen molar-refractivity contribution in [2.24, 2.45) is 4.99 Å². The highest BCUT2D eigenvalue weighted by Gasteiger charge is 2.20. The van der Waals surface area contributed by atoms with E-state index in [0.717, 1.165) is 11.3 Å². The van der Waals surface area contributed by atoms with Crippen molar-refractivity contribution in [1.82, 2.24) is 20.4 Å². The summed E-state index contributed by atoms with van der Waals surface area (Å²) in [6.45, 7) is 5.54. The van der Waals surface area contributed by atoms with Crippen LogP contribution in [0.15, 0.2) is 34.3 Å². The molecule has 0 bridgehead atoms. The molecule has 166 valence electrons.